The molecule has 0 fully saturated rings. The number of carbonyl (C=O) groups is 3. The van der Waals surface area contributed by atoms with Gasteiger partial charge in [0.25, 0.3) is 0 Å². The van der Waals surface area contributed by atoms with Crippen LogP contribution in [0.2, 0.25) is 0 Å². The minimum Gasteiger partial charge on any atom is -0.449 e. The highest BCUT2D eigenvalue weighted by Crippen LogP contribution is 2.44. The predicted octanol–water partition coefficient (Wildman–Crippen LogP) is 2.36. The highest BCUT2D eigenvalue weighted by atomic mass is 16.6. The number of aliphatic hydroxyl groups excluding tert-OH is 1. The number of benzene rings is 2. The fourth-order valence-electron chi connectivity index (χ4n) is 3.35. The molecule has 2 aromatic carbocycles. The molecule has 0 aliphatic heterocycles. The Bertz CT molecular complexity index is 862. The van der Waals surface area contributed by atoms with Gasteiger partial charge in [-0.05, 0) is 29.2 Å². The number of alkyl carbamates (subject to hydrolysis) is 1. The predicted molar refractivity (Wildman–Crippen MR) is 100 cm³/mol. The van der Waals surface area contributed by atoms with Crippen LogP contribution in [0.3, 0.4) is 0 Å². The first kappa shape index (κ1) is 19.6. The summed E-state index contributed by atoms with van der Waals surface area (Å²) < 4.78 is 9.76. The average Bonchev–Trinajstić information content (AvgIpc) is 2.97. The third-order valence-corrected chi connectivity index (χ3v) is 4.60. The minimum absolute atomic E-state index is 0.0636. The Morgan fingerprint density at radius 3 is 2.07 bits per heavy atom. The molecule has 28 heavy (non-hydrogen) atoms. The van der Waals surface area contributed by atoms with Crippen LogP contribution in [0, 0.1) is 0 Å². The molecule has 146 valence electrons. The number of aliphatic hydroxyl groups is 1. The molecule has 2 N–H and O–H groups in total. The molecule has 1 aliphatic rings. The monoisotopic (exact) mass is 383 g/mol. The fourth-order valence-corrected chi connectivity index (χ4v) is 3.35. The van der Waals surface area contributed by atoms with Gasteiger partial charge in [-0.1, -0.05) is 48.5 Å². The number of hydrogen-bond acceptors (Lipinski definition) is 6. The van der Waals surface area contributed by atoms with E-state index in [0.717, 1.165) is 29.2 Å². The van der Waals surface area contributed by atoms with Gasteiger partial charge >= 0.3 is 18.0 Å². The Kier molecular flexibility index (Phi) is 5.75. The molecule has 0 heterocycles. The van der Waals surface area contributed by atoms with E-state index in [1.807, 2.05) is 48.5 Å². The van der Waals surface area contributed by atoms with Gasteiger partial charge in [-0.25, -0.2) is 9.59 Å². The van der Waals surface area contributed by atoms with E-state index in [9.17, 15) is 19.5 Å². The number of hydrogen-bond donors (Lipinski definition) is 2. The van der Waals surface area contributed by atoms with E-state index in [1.165, 1.54) is 6.92 Å². The van der Waals surface area contributed by atoms with E-state index in [1.54, 1.807) is 0 Å². The minimum atomic E-state index is -1.40. The summed E-state index contributed by atoms with van der Waals surface area (Å²) in [5.41, 5.74) is 4.30. The third-order valence-electron chi connectivity index (χ3n) is 4.60. The van der Waals surface area contributed by atoms with Crippen molar-refractivity contribution in [3.05, 3.63) is 59.7 Å². The van der Waals surface area contributed by atoms with Gasteiger partial charge in [0, 0.05) is 12.8 Å². The van der Waals surface area contributed by atoms with E-state index in [2.05, 4.69) is 10.1 Å². The first-order valence-corrected chi connectivity index (χ1v) is 8.90. The number of carbonyl (C=O) groups excluding carboxylic acids is 3. The average molecular weight is 383 g/mol. The van der Waals surface area contributed by atoms with Crippen LogP contribution in [0.5, 0.6) is 0 Å². The summed E-state index contributed by atoms with van der Waals surface area (Å²) in [6.07, 6.45) is -2.14. The lowest BCUT2D eigenvalue weighted by atomic mass is 9.98. The second-order valence-corrected chi connectivity index (χ2v) is 6.60. The molecule has 0 saturated heterocycles. The van der Waals surface area contributed by atoms with E-state index in [0.29, 0.717) is 0 Å². The molecule has 0 bridgehead atoms. The molecular weight excluding hydrogens is 362 g/mol. The van der Waals surface area contributed by atoms with Crippen LogP contribution >= 0.6 is 0 Å². The first-order chi connectivity index (χ1) is 13.4. The maximum atomic E-state index is 12.2. The van der Waals surface area contributed by atoms with Crippen LogP contribution in [0.1, 0.15) is 30.9 Å². The van der Waals surface area contributed by atoms with E-state index < -0.39 is 30.2 Å². The molecule has 0 saturated carbocycles. The van der Waals surface area contributed by atoms with Gasteiger partial charge in [-0.2, -0.15) is 0 Å². The molecule has 2 atom stereocenters. The van der Waals surface area contributed by atoms with Gasteiger partial charge in [0.1, 0.15) is 6.61 Å². The van der Waals surface area contributed by atoms with Crippen molar-refractivity contribution in [3.8, 4) is 11.1 Å². The lowest BCUT2D eigenvalue weighted by molar-refractivity contribution is -0.161. The topological polar surface area (TPSA) is 102 Å². The fraction of sp³-hybridized carbons (Fsp3) is 0.286. The maximum absolute atomic E-state index is 12.2. The van der Waals surface area contributed by atoms with Gasteiger partial charge in [-0.3, -0.25) is 4.79 Å². The molecule has 1 aliphatic carbocycles. The summed E-state index contributed by atoms with van der Waals surface area (Å²) in [6, 6.07) is 14.4. The van der Waals surface area contributed by atoms with Crippen molar-refractivity contribution in [1.29, 1.82) is 0 Å². The molecular formula is C21H21NO6. The Morgan fingerprint density at radius 1 is 1.04 bits per heavy atom. The number of ether oxygens (including phenoxy) is 2. The van der Waals surface area contributed by atoms with Crippen LogP contribution in [-0.4, -0.2) is 41.9 Å². The third kappa shape index (κ3) is 4.04. The van der Waals surface area contributed by atoms with Crippen LogP contribution in [0.4, 0.5) is 4.79 Å². The van der Waals surface area contributed by atoms with Crippen LogP contribution in [-0.2, 0) is 19.1 Å². The van der Waals surface area contributed by atoms with Crippen molar-refractivity contribution < 1.29 is 29.0 Å². The Balaban J connectivity index is 1.69. The second kappa shape index (κ2) is 8.22. The Labute approximate surface area is 162 Å². The highest BCUT2D eigenvalue weighted by Gasteiger charge is 2.31. The summed E-state index contributed by atoms with van der Waals surface area (Å²) in [5.74, 6) is -2.01. The summed E-state index contributed by atoms with van der Waals surface area (Å²) >= 11 is 0. The van der Waals surface area contributed by atoms with Crippen molar-refractivity contribution in [2.24, 2.45) is 0 Å². The van der Waals surface area contributed by atoms with Gasteiger partial charge in [0.15, 0.2) is 6.04 Å². The Hall–Kier alpha value is -3.19. The standard InChI is InChI=1S/C21H21NO6/c1-12(23)19(20(25)28-13(2)24)22-21(26)27-11-18-16-9-5-3-7-14(16)15-8-4-6-10-17(15)18/h3-10,12,18-19,23H,11H2,1-2H3,(H,22,26)/t12-,19+/m1/s1. The van der Waals surface area contributed by atoms with E-state index >= 15 is 0 Å². The quantitative estimate of drug-likeness (QED) is 0.607. The summed E-state index contributed by atoms with van der Waals surface area (Å²) in [5, 5.41) is 12.0. The lowest BCUT2D eigenvalue weighted by Gasteiger charge is -2.20. The highest BCUT2D eigenvalue weighted by molar-refractivity contribution is 5.90. The smallest absolute Gasteiger partial charge is 0.407 e. The lowest BCUT2D eigenvalue weighted by Crippen LogP contribution is -2.49. The van der Waals surface area contributed by atoms with Gasteiger partial charge in [0.05, 0.1) is 6.10 Å². The molecule has 7 nitrogen and oxygen atoms in total. The SMILES string of the molecule is CC(=O)OC(=O)[C@@H](NC(=O)OCC1c2ccccc2-c2ccccc21)[C@@H](C)O. The zero-order valence-corrected chi connectivity index (χ0v) is 15.5. The van der Waals surface area contributed by atoms with Crippen molar-refractivity contribution in [3.63, 3.8) is 0 Å². The van der Waals surface area contributed by atoms with Crippen molar-refractivity contribution >= 4 is 18.0 Å². The summed E-state index contributed by atoms with van der Waals surface area (Å²) in [7, 11) is 0. The Morgan fingerprint density at radius 2 is 1.57 bits per heavy atom. The molecule has 7 heteroatoms. The van der Waals surface area contributed by atoms with E-state index in [-0.39, 0.29) is 12.5 Å². The zero-order chi connectivity index (χ0) is 20.3. The molecule has 0 unspecified atom stereocenters. The van der Waals surface area contributed by atoms with Crippen LogP contribution in [0.25, 0.3) is 11.1 Å². The molecule has 1 amide bonds. The zero-order valence-electron chi connectivity index (χ0n) is 15.5. The van der Waals surface area contributed by atoms with Crippen molar-refractivity contribution in [2.45, 2.75) is 31.9 Å². The number of fused-ring (bicyclic) bond motifs is 3. The maximum Gasteiger partial charge on any atom is 0.407 e. The number of esters is 2. The summed E-state index contributed by atoms with van der Waals surface area (Å²) in [4.78, 5) is 35.0. The molecule has 0 radical (unpaired) electrons. The number of nitrogens with one attached hydrogen (secondary N) is 1. The molecule has 0 aromatic heterocycles. The summed E-state index contributed by atoms with van der Waals surface area (Å²) in [6.45, 7) is 2.42. The van der Waals surface area contributed by atoms with Gasteiger partial charge in [-0.15, -0.1) is 0 Å². The molecule has 3 rings (SSSR count). The van der Waals surface area contributed by atoms with Crippen molar-refractivity contribution in [2.75, 3.05) is 6.61 Å². The van der Waals surface area contributed by atoms with Crippen LogP contribution < -0.4 is 5.32 Å². The largest absolute Gasteiger partial charge is 0.449 e. The number of amides is 1. The normalized spacial score (nSPS) is 14.4. The van der Waals surface area contributed by atoms with E-state index in [4.69, 9.17) is 4.74 Å². The second-order valence-electron chi connectivity index (χ2n) is 6.60. The van der Waals surface area contributed by atoms with Crippen molar-refractivity contribution in [1.82, 2.24) is 5.32 Å². The van der Waals surface area contributed by atoms with Gasteiger partial charge < -0.3 is 19.9 Å². The molecule has 2 aromatic rings. The van der Waals surface area contributed by atoms with Gasteiger partial charge in [0.2, 0.25) is 0 Å². The first-order valence-electron chi connectivity index (χ1n) is 8.90. The number of rotatable bonds is 5. The van der Waals surface area contributed by atoms with Crippen LogP contribution in [0.15, 0.2) is 48.5 Å². The molecule has 0 spiro atoms.